The fraction of sp³-hybridized carbons (Fsp3) is 0.583. The zero-order valence-corrected chi connectivity index (χ0v) is 11.8. The largest absolute Gasteiger partial charge is 0.292 e. The first-order chi connectivity index (χ1) is 7.43. The Labute approximate surface area is 106 Å². The van der Waals surface area contributed by atoms with E-state index >= 15 is 0 Å². The molecule has 1 heterocycles. The molecular formula is C12H18ClNOS. The molecule has 16 heavy (non-hydrogen) atoms. The highest BCUT2D eigenvalue weighted by molar-refractivity contribution is 7.18. The molecule has 0 N–H and O–H groups in total. The predicted molar refractivity (Wildman–Crippen MR) is 70.7 cm³/mol. The lowest BCUT2D eigenvalue weighted by molar-refractivity contribution is 0.0673. The fourth-order valence-corrected chi connectivity index (χ4v) is 3.03. The molecule has 0 aliphatic heterocycles. The van der Waals surface area contributed by atoms with Crippen LogP contribution in [0.15, 0.2) is 12.1 Å². The van der Waals surface area contributed by atoms with Gasteiger partial charge in [-0.05, 0) is 39.1 Å². The summed E-state index contributed by atoms with van der Waals surface area (Å²) in [6.45, 7) is 9.81. The third kappa shape index (κ3) is 2.65. The van der Waals surface area contributed by atoms with Crippen molar-refractivity contribution in [3.8, 4) is 0 Å². The first kappa shape index (κ1) is 13.7. The van der Waals surface area contributed by atoms with Crippen molar-refractivity contribution < 1.29 is 4.79 Å². The van der Waals surface area contributed by atoms with Crippen LogP contribution in [0.1, 0.15) is 37.4 Å². The molecule has 0 unspecified atom stereocenters. The summed E-state index contributed by atoms with van der Waals surface area (Å²) in [5.74, 6) is 0.146. The number of likely N-dealkylation sites (N-methyl/N-ethyl adjacent to an activating group) is 1. The predicted octanol–water partition coefficient (Wildman–Crippen LogP) is 3.70. The maximum atomic E-state index is 12.3. The Hall–Kier alpha value is -0.380. The SMILES string of the molecule is CCN(CC)C(C)(C)C(=O)c1ccc(Cl)s1. The zero-order chi connectivity index (χ0) is 12.3. The molecular weight excluding hydrogens is 242 g/mol. The average Bonchev–Trinajstić information content (AvgIpc) is 2.65. The minimum absolute atomic E-state index is 0.146. The highest BCUT2D eigenvalue weighted by atomic mass is 35.5. The van der Waals surface area contributed by atoms with Crippen LogP contribution in [0.2, 0.25) is 4.34 Å². The van der Waals surface area contributed by atoms with Crippen molar-refractivity contribution in [2.45, 2.75) is 33.2 Å². The minimum atomic E-state index is -0.461. The van der Waals surface area contributed by atoms with Crippen molar-refractivity contribution in [1.82, 2.24) is 4.90 Å². The van der Waals surface area contributed by atoms with Crippen LogP contribution >= 0.6 is 22.9 Å². The molecule has 0 amide bonds. The van der Waals surface area contributed by atoms with E-state index in [-0.39, 0.29) is 5.78 Å². The number of rotatable bonds is 5. The van der Waals surface area contributed by atoms with Crippen molar-refractivity contribution >= 4 is 28.7 Å². The van der Waals surface area contributed by atoms with E-state index in [2.05, 4.69) is 18.7 Å². The molecule has 0 radical (unpaired) electrons. The monoisotopic (exact) mass is 259 g/mol. The molecule has 1 aromatic rings. The van der Waals surface area contributed by atoms with Crippen molar-refractivity contribution in [3.05, 3.63) is 21.3 Å². The molecule has 2 nitrogen and oxygen atoms in total. The average molecular weight is 260 g/mol. The van der Waals surface area contributed by atoms with Gasteiger partial charge in [0.25, 0.3) is 0 Å². The van der Waals surface area contributed by atoms with E-state index in [1.165, 1.54) is 11.3 Å². The number of hydrogen-bond acceptors (Lipinski definition) is 3. The molecule has 1 rings (SSSR count). The van der Waals surface area contributed by atoms with Crippen molar-refractivity contribution in [1.29, 1.82) is 0 Å². The topological polar surface area (TPSA) is 20.3 Å². The zero-order valence-electron chi connectivity index (χ0n) is 10.2. The smallest absolute Gasteiger partial charge is 0.192 e. The van der Waals surface area contributed by atoms with Gasteiger partial charge in [0.05, 0.1) is 14.8 Å². The summed E-state index contributed by atoms with van der Waals surface area (Å²) in [6.07, 6.45) is 0. The van der Waals surface area contributed by atoms with E-state index in [4.69, 9.17) is 11.6 Å². The van der Waals surface area contributed by atoms with Gasteiger partial charge in [0.15, 0.2) is 5.78 Å². The van der Waals surface area contributed by atoms with Crippen LogP contribution in [-0.4, -0.2) is 29.3 Å². The van der Waals surface area contributed by atoms with Gasteiger partial charge in [0.2, 0.25) is 0 Å². The Morgan fingerprint density at radius 2 is 1.94 bits per heavy atom. The number of thiophene rings is 1. The third-order valence-electron chi connectivity index (χ3n) is 2.91. The number of carbonyl (C=O) groups is 1. The summed E-state index contributed by atoms with van der Waals surface area (Å²) in [5.41, 5.74) is -0.461. The van der Waals surface area contributed by atoms with Crippen LogP contribution in [0, 0.1) is 0 Å². The first-order valence-corrected chi connectivity index (χ1v) is 6.68. The van der Waals surface area contributed by atoms with Gasteiger partial charge >= 0.3 is 0 Å². The quantitative estimate of drug-likeness (QED) is 0.752. The normalized spacial score (nSPS) is 12.1. The van der Waals surface area contributed by atoms with Gasteiger partial charge in [-0.15, -0.1) is 11.3 Å². The maximum absolute atomic E-state index is 12.3. The van der Waals surface area contributed by atoms with E-state index in [0.717, 1.165) is 18.0 Å². The van der Waals surface area contributed by atoms with Gasteiger partial charge < -0.3 is 0 Å². The Kier molecular flexibility index (Phi) is 4.53. The summed E-state index contributed by atoms with van der Waals surface area (Å²) >= 11 is 7.20. The van der Waals surface area contributed by atoms with E-state index in [1.54, 1.807) is 12.1 Å². The Morgan fingerprint density at radius 3 is 2.31 bits per heavy atom. The molecule has 0 bridgehead atoms. The van der Waals surface area contributed by atoms with Gasteiger partial charge in [-0.1, -0.05) is 25.4 Å². The standard InChI is InChI=1S/C12H18ClNOS/c1-5-14(6-2)12(3,4)11(15)9-7-8-10(13)16-9/h7-8H,5-6H2,1-4H3. The van der Waals surface area contributed by atoms with Gasteiger partial charge in [-0.3, -0.25) is 9.69 Å². The third-order valence-corrected chi connectivity index (χ3v) is 4.14. The van der Waals surface area contributed by atoms with Gasteiger partial charge in [-0.25, -0.2) is 0 Å². The Morgan fingerprint density at radius 1 is 1.38 bits per heavy atom. The molecule has 0 aliphatic carbocycles. The van der Waals surface area contributed by atoms with Crippen LogP contribution in [0.3, 0.4) is 0 Å². The van der Waals surface area contributed by atoms with E-state index in [1.807, 2.05) is 13.8 Å². The van der Waals surface area contributed by atoms with Crippen molar-refractivity contribution in [2.24, 2.45) is 0 Å². The second-order valence-corrected chi connectivity index (χ2v) is 5.88. The minimum Gasteiger partial charge on any atom is -0.292 e. The van der Waals surface area contributed by atoms with Gasteiger partial charge in [0, 0.05) is 0 Å². The Balaban J connectivity index is 2.95. The van der Waals surface area contributed by atoms with E-state index < -0.39 is 5.54 Å². The second kappa shape index (κ2) is 5.30. The fourth-order valence-electron chi connectivity index (χ4n) is 1.90. The molecule has 0 saturated heterocycles. The van der Waals surface area contributed by atoms with Crippen LogP contribution in [-0.2, 0) is 0 Å². The molecule has 0 saturated carbocycles. The first-order valence-electron chi connectivity index (χ1n) is 5.48. The molecule has 0 atom stereocenters. The summed E-state index contributed by atoms with van der Waals surface area (Å²) < 4.78 is 0.665. The molecule has 4 heteroatoms. The molecule has 1 aromatic heterocycles. The molecule has 0 spiro atoms. The molecule has 0 fully saturated rings. The highest BCUT2D eigenvalue weighted by Crippen LogP contribution is 2.27. The van der Waals surface area contributed by atoms with Crippen molar-refractivity contribution in [3.63, 3.8) is 0 Å². The summed E-state index contributed by atoms with van der Waals surface area (Å²) in [5, 5.41) is 0. The number of carbonyl (C=O) groups excluding carboxylic acids is 1. The number of nitrogens with zero attached hydrogens (tertiary/aromatic N) is 1. The van der Waals surface area contributed by atoms with E-state index in [9.17, 15) is 4.79 Å². The molecule has 0 aromatic carbocycles. The Bertz CT molecular complexity index is 369. The van der Waals surface area contributed by atoms with Crippen LogP contribution in [0.25, 0.3) is 0 Å². The lowest BCUT2D eigenvalue weighted by atomic mass is 9.95. The van der Waals surface area contributed by atoms with Gasteiger partial charge in [-0.2, -0.15) is 0 Å². The number of halogens is 1. The molecule has 90 valence electrons. The van der Waals surface area contributed by atoms with Crippen LogP contribution < -0.4 is 0 Å². The summed E-state index contributed by atoms with van der Waals surface area (Å²) in [7, 11) is 0. The number of Topliss-reactive ketones (excluding diaryl/α,β-unsaturated/α-hetero) is 1. The highest BCUT2D eigenvalue weighted by Gasteiger charge is 2.34. The van der Waals surface area contributed by atoms with E-state index in [0.29, 0.717) is 4.34 Å². The van der Waals surface area contributed by atoms with Crippen LogP contribution in [0.5, 0.6) is 0 Å². The summed E-state index contributed by atoms with van der Waals surface area (Å²) in [6, 6.07) is 3.58. The second-order valence-electron chi connectivity index (χ2n) is 4.16. The number of ketones is 1. The van der Waals surface area contributed by atoms with Crippen molar-refractivity contribution in [2.75, 3.05) is 13.1 Å². The molecule has 0 aliphatic rings. The lowest BCUT2D eigenvalue weighted by Crippen LogP contribution is -2.49. The van der Waals surface area contributed by atoms with Crippen LogP contribution in [0.4, 0.5) is 0 Å². The lowest BCUT2D eigenvalue weighted by Gasteiger charge is -2.35. The number of hydrogen-bond donors (Lipinski definition) is 0. The maximum Gasteiger partial charge on any atom is 0.192 e. The van der Waals surface area contributed by atoms with Gasteiger partial charge in [0.1, 0.15) is 0 Å². The summed E-state index contributed by atoms with van der Waals surface area (Å²) in [4.78, 5) is 15.2.